The third kappa shape index (κ3) is 5.08. The van der Waals surface area contributed by atoms with E-state index in [4.69, 9.17) is 27.9 Å². The number of hydrogen-bond donors (Lipinski definition) is 0. The second-order valence-corrected chi connectivity index (χ2v) is 5.88. The van der Waals surface area contributed by atoms with Gasteiger partial charge in [-0.25, -0.2) is 4.98 Å². The summed E-state index contributed by atoms with van der Waals surface area (Å²) in [5, 5.41) is 1.19. The Kier molecular flexibility index (Phi) is 6.81. The van der Waals surface area contributed by atoms with Crippen molar-refractivity contribution in [1.82, 2.24) is 9.55 Å². The van der Waals surface area contributed by atoms with Crippen LogP contribution in [0.4, 0.5) is 0 Å². The molecule has 5 heteroatoms. The molecule has 1 aromatic heterocycles. The van der Waals surface area contributed by atoms with Gasteiger partial charge in [0.2, 0.25) is 0 Å². The van der Waals surface area contributed by atoms with E-state index in [0.29, 0.717) is 16.7 Å². The van der Waals surface area contributed by atoms with Gasteiger partial charge in [0.25, 0.3) is 0 Å². The summed E-state index contributed by atoms with van der Waals surface area (Å²) in [5.41, 5.74) is 0.829. The fourth-order valence-corrected chi connectivity index (χ4v) is 2.57. The molecule has 3 nitrogen and oxygen atoms in total. The summed E-state index contributed by atoms with van der Waals surface area (Å²) in [4.78, 5) is 4.03. The molecule has 0 bridgehead atoms. The lowest BCUT2D eigenvalue weighted by molar-refractivity contribution is 0.268. The predicted octanol–water partition coefficient (Wildman–Crippen LogP) is 5.74. The largest absolute Gasteiger partial charge is 0.491 e. The van der Waals surface area contributed by atoms with Crippen LogP contribution >= 0.6 is 23.2 Å². The van der Waals surface area contributed by atoms with Crippen molar-refractivity contribution in [2.45, 2.75) is 32.6 Å². The molecule has 0 aliphatic carbocycles. The lowest BCUT2D eigenvalue weighted by Gasteiger charge is -2.13. The van der Waals surface area contributed by atoms with Crippen molar-refractivity contribution in [3.05, 3.63) is 52.5 Å². The number of hydrogen-bond acceptors (Lipinski definition) is 2. The van der Waals surface area contributed by atoms with Gasteiger partial charge in [-0.2, -0.15) is 0 Å². The Labute approximate surface area is 141 Å². The van der Waals surface area contributed by atoms with Crippen LogP contribution in [0.2, 0.25) is 10.0 Å². The molecule has 22 heavy (non-hydrogen) atoms. The molecule has 2 aromatic rings. The Bertz CT molecular complexity index is 609. The molecule has 0 fully saturated rings. The highest BCUT2D eigenvalue weighted by Gasteiger charge is 2.09. The zero-order chi connectivity index (χ0) is 15.8. The van der Waals surface area contributed by atoms with Crippen LogP contribution < -0.4 is 0 Å². The quantitative estimate of drug-likeness (QED) is 0.453. The number of ether oxygens (including phenoxy) is 1. The molecule has 1 aromatic carbocycles. The minimum absolute atomic E-state index is 0.576. The minimum atomic E-state index is 0.576. The van der Waals surface area contributed by atoms with Crippen LogP contribution in [-0.2, 0) is 4.74 Å². The van der Waals surface area contributed by atoms with Crippen LogP contribution in [0.3, 0.4) is 0 Å². The highest BCUT2D eigenvalue weighted by molar-refractivity contribution is 6.35. The van der Waals surface area contributed by atoms with Crippen LogP contribution in [0, 0.1) is 0 Å². The van der Waals surface area contributed by atoms with Crippen molar-refractivity contribution < 1.29 is 4.74 Å². The van der Waals surface area contributed by atoms with Crippen molar-refractivity contribution in [1.29, 1.82) is 0 Å². The van der Waals surface area contributed by atoms with E-state index in [2.05, 4.69) is 11.9 Å². The van der Waals surface area contributed by atoms with Crippen LogP contribution in [0.1, 0.15) is 38.2 Å². The first kappa shape index (κ1) is 16.9. The maximum atomic E-state index is 6.30. The normalized spacial score (nSPS) is 11.7. The molecule has 2 rings (SSSR count). The van der Waals surface area contributed by atoms with Crippen LogP contribution in [-0.4, -0.2) is 16.2 Å². The number of rotatable bonds is 8. The summed E-state index contributed by atoms with van der Waals surface area (Å²) in [6.07, 6.45) is 11.8. The Morgan fingerprint density at radius 2 is 2.14 bits per heavy atom. The van der Waals surface area contributed by atoms with Crippen molar-refractivity contribution in [2.24, 2.45) is 0 Å². The molecule has 0 spiro atoms. The van der Waals surface area contributed by atoms with E-state index >= 15 is 0 Å². The molecule has 0 radical (unpaired) electrons. The predicted molar refractivity (Wildman–Crippen MR) is 93.0 cm³/mol. The van der Waals surface area contributed by atoms with Crippen molar-refractivity contribution in [3.63, 3.8) is 0 Å². The Hall–Kier alpha value is -1.45. The molecule has 0 aliphatic heterocycles. The minimum Gasteiger partial charge on any atom is -0.491 e. The first-order chi connectivity index (χ1) is 10.7. The maximum absolute atomic E-state index is 6.30. The van der Waals surface area contributed by atoms with Crippen LogP contribution in [0.5, 0.6) is 0 Å². The Morgan fingerprint density at radius 1 is 1.27 bits per heavy atom. The van der Waals surface area contributed by atoms with Gasteiger partial charge in [0, 0.05) is 23.0 Å². The molecule has 0 unspecified atom stereocenters. The van der Waals surface area contributed by atoms with Crippen molar-refractivity contribution in [3.8, 4) is 0 Å². The summed E-state index contributed by atoms with van der Waals surface area (Å²) in [6.45, 7) is 2.86. The third-order valence-electron chi connectivity index (χ3n) is 3.24. The number of aromatic nitrogens is 2. The zero-order valence-electron chi connectivity index (χ0n) is 12.6. The van der Waals surface area contributed by atoms with Gasteiger partial charge >= 0.3 is 0 Å². The standard InChI is InChI=1S/C17H20Cl2N2O/c1-2-3-4-5-10-22-17(12-21-9-8-20-13-21)15-7-6-14(18)11-16(15)19/h6-9,11-13H,2-5,10H2,1H3/b17-12+. The monoisotopic (exact) mass is 338 g/mol. The average molecular weight is 339 g/mol. The van der Waals surface area contributed by atoms with Gasteiger partial charge in [-0.15, -0.1) is 0 Å². The van der Waals surface area contributed by atoms with Crippen LogP contribution in [0.25, 0.3) is 12.0 Å². The van der Waals surface area contributed by atoms with Gasteiger partial charge in [-0.3, -0.25) is 0 Å². The molecule has 0 saturated carbocycles. The second-order valence-electron chi connectivity index (χ2n) is 5.04. The molecule has 0 aliphatic rings. The van der Waals surface area contributed by atoms with Gasteiger partial charge in [-0.05, 0) is 24.6 Å². The number of benzene rings is 1. The first-order valence-corrected chi connectivity index (χ1v) is 8.23. The van der Waals surface area contributed by atoms with E-state index in [1.54, 1.807) is 18.6 Å². The molecule has 0 saturated heterocycles. The summed E-state index contributed by atoms with van der Waals surface area (Å²) in [5.74, 6) is 0.719. The number of unbranched alkanes of at least 4 members (excludes halogenated alkanes) is 3. The maximum Gasteiger partial charge on any atom is 0.144 e. The SMILES string of the molecule is CCCCCCO/C(=C/n1ccnc1)c1ccc(Cl)cc1Cl. The highest BCUT2D eigenvalue weighted by Crippen LogP contribution is 2.28. The molecule has 0 amide bonds. The van der Waals surface area contributed by atoms with E-state index in [-0.39, 0.29) is 0 Å². The fraction of sp³-hybridized carbons (Fsp3) is 0.353. The summed E-state index contributed by atoms with van der Waals surface area (Å²) < 4.78 is 7.79. The number of nitrogens with zero attached hydrogens (tertiary/aromatic N) is 2. The van der Waals surface area contributed by atoms with Gasteiger partial charge in [0.1, 0.15) is 5.76 Å². The van der Waals surface area contributed by atoms with Crippen molar-refractivity contribution >= 4 is 35.2 Å². The fourth-order valence-electron chi connectivity index (χ4n) is 2.07. The van der Waals surface area contributed by atoms with Crippen molar-refractivity contribution in [2.75, 3.05) is 6.61 Å². The Morgan fingerprint density at radius 3 is 2.82 bits per heavy atom. The smallest absolute Gasteiger partial charge is 0.144 e. The highest BCUT2D eigenvalue weighted by atomic mass is 35.5. The summed E-state index contributed by atoms with van der Waals surface area (Å²) >= 11 is 12.3. The second kappa shape index (κ2) is 8.86. The molecule has 0 N–H and O–H groups in total. The molecule has 1 heterocycles. The average Bonchev–Trinajstić information content (AvgIpc) is 2.99. The lowest BCUT2D eigenvalue weighted by atomic mass is 10.2. The first-order valence-electron chi connectivity index (χ1n) is 7.48. The molecular formula is C17H20Cl2N2O. The zero-order valence-corrected chi connectivity index (χ0v) is 14.1. The number of imidazole rings is 1. The molecular weight excluding hydrogens is 319 g/mol. The summed E-state index contributed by atoms with van der Waals surface area (Å²) in [6, 6.07) is 5.41. The van der Waals surface area contributed by atoms with Gasteiger partial charge in [-0.1, -0.05) is 49.4 Å². The van der Waals surface area contributed by atoms with E-state index in [9.17, 15) is 0 Å². The summed E-state index contributed by atoms with van der Waals surface area (Å²) in [7, 11) is 0. The molecule has 0 atom stereocenters. The van der Waals surface area contributed by atoms with E-state index in [1.165, 1.54) is 19.3 Å². The third-order valence-corrected chi connectivity index (χ3v) is 3.79. The van der Waals surface area contributed by atoms with Crippen LogP contribution in [0.15, 0.2) is 36.9 Å². The van der Waals surface area contributed by atoms with Gasteiger partial charge < -0.3 is 9.30 Å². The van der Waals surface area contributed by atoms with E-state index in [1.807, 2.05) is 29.1 Å². The topological polar surface area (TPSA) is 27.1 Å². The van der Waals surface area contributed by atoms with Gasteiger partial charge in [0.05, 0.1) is 24.2 Å². The van der Waals surface area contributed by atoms with E-state index < -0.39 is 0 Å². The Balaban J connectivity index is 2.14. The lowest BCUT2D eigenvalue weighted by Crippen LogP contribution is -1.98. The van der Waals surface area contributed by atoms with E-state index in [0.717, 1.165) is 17.7 Å². The number of halogens is 2. The van der Waals surface area contributed by atoms with Gasteiger partial charge in [0.15, 0.2) is 0 Å². The molecule has 118 valence electrons.